The lowest BCUT2D eigenvalue weighted by atomic mass is 9.77. The molecule has 1 aliphatic heterocycles. The summed E-state index contributed by atoms with van der Waals surface area (Å²) in [7, 11) is 0. The van der Waals surface area contributed by atoms with Gasteiger partial charge in [0, 0.05) is 24.7 Å². The van der Waals surface area contributed by atoms with Crippen LogP contribution in [0, 0.1) is 5.92 Å². The number of unbranched alkanes of at least 4 members (excludes halogenated alkanes) is 3. The molecule has 2 atom stereocenters. The molecule has 124 valence electrons. The zero-order chi connectivity index (χ0) is 15.1. The first-order valence-electron chi connectivity index (χ1n) is 9.70. The largest absolute Gasteiger partial charge is 0.311 e. The number of piperazine rings is 1. The molecular weight excluding hydrogens is 256 g/mol. The van der Waals surface area contributed by atoms with Crippen LogP contribution in [0.4, 0.5) is 0 Å². The van der Waals surface area contributed by atoms with Crippen LogP contribution in [-0.4, -0.2) is 36.1 Å². The highest BCUT2D eigenvalue weighted by atomic mass is 15.3. The van der Waals surface area contributed by atoms with Gasteiger partial charge in [0.25, 0.3) is 0 Å². The van der Waals surface area contributed by atoms with Crippen molar-refractivity contribution in [1.82, 2.24) is 10.2 Å². The molecular formula is C19H38N2. The van der Waals surface area contributed by atoms with E-state index in [1.807, 2.05) is 0 Å². The SMILES string of the molecule is CCCCCCN1CC(C(C)CC)NCC12CCCCC2. The Bertz CT molecular complexity index is 283. The first kappa shape index (κ1) is 17.3. The Morgan fingerprint density at radius 2 is 1.86 bits per heavy atom. The zero-order valence-corrected chi connectivity index (χ0v) is 14.8. The molecule has 1 N–H and O–H groups in total. The van der Waals surface area contributed by atoms with Crippen LogP contribution in [0.15, 0.2) is 0 Å². The van der Waals surface area contributed by atoms with Gasteiger partial charge in [0.15, 0.2) is 0 Å². The maximum absolute atomic E-state index is 3.92. The first-order chi connectivity index (χ1) is 10.2. The summed E-state index contributed by atoms with van der Waals surface area (Å²) in [5.41, 5.74) is 0.508. The first-order valence-corrected chi connectivity index (χ1v) is 9.70. The van der Waals surface area contributed by atoms with E-state index in [-0.39, 0.29) is 0 Å². The van der Waals surface area contributed by atoms with Gasteiger partial charge < -0.3 is 5.32 Å². The van der Waals surface area contributed by atoms with E-state index in [1.54, 1.807) is 0 Å². The smallest absolute Gasteiger partial charge is 0.0334 e. The Morgan fingerprint density at radius 3 is 2.52 bits per heavy atom. The molecule has 1 saturated carbocycles. The standard InChI is InChI=1S/C19H38N2/c1-4-6-7-11-14-21-15-18(17(3)5-2)20-16-19(21)12-9-8-10-13-19/h17-18,20H,4-16H2,1-3H3. The number of nitrogens with zero attached hydrogens (tertiary/aromatic N) is 1. The predicted molar refractivity (Wildman–Crippen MR) is 92.8 cm³/mol. The summed E-state index contributed by atoms with van der Waals surface area (Å²) in [4.78, 5) is 2.91. The molecule has 2 rings (SSSR count). The van der Waals surface area contributed by atoms with Crippen molar-refractivity contribution >= 4 is 0 Å². The van der Waals surface area contributed by atoms with Crippen LogP contribution >= 0.6 is 0 Å². The van der Waals surface area contributed by atoms with Gasteiger partial charge in [-0.1, -0.05) is 65.7 Å². The van der Waals surface area contributed by atoms with E-state index in [2.05, 4.69) is 31.0 Å². The van der Waals surface area contributed by atoms with Gasteiger partial charge in [-0.05, 0) is 31.7 Å². The molecule has 2 unspecified atom stereocenters. The third-order valence-electron chi connectivity index (χ3n) is 6.18. The van der Waals surface area contributed by atoms with Gasteiger partial charge in [0.05, 0.1) is 0 Å². The highest BCUT2D eigenvalue weighted by Gasteiger charge is 2.42. The highest BCUT2D eigenvalue weighted by molar-refractivity contribution is 5.01. The molecule has 2 aliphatic rings. The number of nitrogens with one attached hydrogen (secondary N) is 1. The van der Waals surface area contributed by atoms with Crippen LogP contribution in [0.1, 0.15) is 85.0 Å². The van der Waals surface area contributed by atoms with Crippen molar-refractivity contribution in [2.24, 2.45) is 5.92 Å². The van der Waals surface area contributed by atoms with Crippen LogP contribution in [0.25, 0.3) is 0 Å². The molecule has 1 heterocycles. The zero-order valence-electron chi connectivity index (χ0n) is 14.8. The van der Waals surface area contributed by atoms with Crippen molar-refractivity contribution in [2.75, 3.05) is 19.6 Å². The van der Waals surface area contributed by atoms with E-state index in [0.29, 0.717) is 11.6 Å². The highest BCUT2D eigenvalue weighted by Crippen LogP contribution is 2.36. The third-order valence-corrected chi connectivity index (χ3v) is 6.18. The number of rotatable bonds is 7. The second kappa shape index (κ2) is 8.53. The van der Waals surface area contributed by atoms with Gasteiger partial charge in [-0.15, -0.1) is 0 Å². The minimum Gasteiger partial charge on any atom is -0.311 e. The topological polar surface area (TPSA) is 15.3 Å². The molecule has 0 radical (unpaired) electrons. The molecule has 2 nitrogen and oxygen atoms in total. The lowest BCUT2D eigenvalue weighted by Crippen LogP contribution is -2.66. The molecule has 1 aliphatic carbocycles. The van der Waals surface area contributed by atoms with Crippen LogP contribution in [-0.2, 0) is 0 Å². The summed E-state index contributed by atoms with van der Waals surface area (Å²) >= 11 is 0. The second-order valence-corrected chi connectivity index (χ2v) is 7.66. The normalized spacial score (nSPS) is 27.9. The molecule has 1 saturated heterocycles. The molecule has 21 heavy (non-hydrogen) atoms. The summed E-state index contributed by atoms with van der Waals surface area (Å²) in [6.07, 6.45) is 14.1. The lowest BCUT2D eigenvalue weighted by molar-refractivity contribution is -0.000607. The second-order valence-electron chi connectivity index (χ2n) is 7.66. The summed E-state index contributed by atoms with van der Waals surface area (Å²) in [5.74, 6) is 0.809. The fraction of sp³-hybridized carbons (Fsp3) is 1.00. The predicted octanol–water partition coefficient (Wildman–Crippen LogP) is 4.59. The third kappa shape index (κ3) is 4.45. The van der Waals surface area contributed by atoms with Gasteiger partial charge >= 0.3 is 0 Å². The van der Waals surface area contributed by atoms with Gasteiger partial charge in [-0.25, -0.2) is 0 Å². The quantitative estimate of drug-likeness (QED) is 0.691. The Kier molecular flexibility index (Phi) is 7.01. The molecule has 2 fully saturated rings. The Hall–Kier alpha value is -0.0800. The van der Waals surface area contributed by atoms with E-state index in [1.165, 1.54) is 83.8 Å². The van der Waals surface area contributed by atoms with Crippen LogP contribution in [0.3, 0.4) is 0 Å². The summed E-state index contributed by atoms with van der Waals surface area (Å²) < 4.78 is 0. The van der Waals surface area contributed by atoms with E-state index in [4.69, 9.17) is 0 Å². The van der Waals surface area contributed by atoms with Gasteiger partial charge in [-0.2, -0.15) is 0 Å². The fourth-order valence-corrected chi connectivity index (χ4v) is 4.35. The van der Waals surface area contributed by atoms with Crippen molar-refractivity contribution in [1.29, 1.82) is 0 Å². The molecule has 1 spiro atoms. The summed E-state index contributed by atoms with van der Waals surface area (Å²) in [6.45, 7) is 11.0. The minimum atomic E-state index is 0.508. The average molecular weight is 295 g/mol. The molecule has 0 amide bonds. The van der Waals surface area contributed by atoms with Crippen LogP contribution in [0.5, 0.6) is 0 Å². The molecule has 0 bridgehead atoms. The number of hydrogen-bond acceptors (Lipinski definition) is 2. The van der Waals surface area contributed by atoms with Crippen molar-refractivity contribution in [3.63, 3.8) is 0 Å². The molecule has 0 aromatic heterocycles. The maximum atomic E-state index is 3.92. The lowest BCUT2D eigenvalue weighted by Gasteiger charge is -2.53. The average Bonchev–Trinajstić information content (AvgIpc) is 2.53. The van der Waals surface area contributed by atoms with E-state index >= 15 is 0 Å². The molecule has 2 heteroatoms. The van der Waals surface area contributed by atoms with Crippen LogP contribution in [0.2, 0.25) is 0 Å². The fourth-order valence-electron chi connectivity index (χ4n) is 4.35. The van der Waals surface area contributed by atoms with Crippen LogP contribution < -0.4 is 5.32 Å². The van der Waals surface area contributed by atoms with Crippen molar-refractivity contribution in [3.05, 3.63) is 0 Å². The minimum absolute atomic E-state index is 0.508. The maximum Gasteiger partial charge on any atom is 0.0334 e. The molecule has 0 aromatic rings. The van der Waals surface area contributed by atoms with E-state index in [0.717, 1.165) is 5.92 Å². The van der Waals surface area contributed by atoms with Gasteiger partial charge in [0.1, 0.15) is 0 Å². The Balaban J connectivity index is 1.95. The van der Waals surface area contributed by atoms with E-state index < -0.39 is 0 Å². The number of hydrogen-bond donors (Lipinski definition) is 1. The van der Waals surface area contributed by atoms with Gasteiger partial charge in [-0.3, -0.25) is 4.90 Å². The van der Waals surface area contributed by atoms with Crippen molar-refractivity contribution in [3.8, 4) is 0 Å². The Morgan fingerprint density at radius 1 is 1.10 bits per heavy atom. The van der Waals surface area contributed by atoms with E-state index in [9.17, 15) is 0 Å². The Labute approximate surface area is 133 Å². The van der Waals surface area contributed by atoms with Gasteiger partial charge in [0.2, 0.25) is 0 Å². The van der Waals surface area contributed by atoms with Crippen molar-refractivity contribution in [2.45, 2.75) is 96.6 Å². The summed E-state index contributed by atoms with van der Waals surface area (Å²) in [6, 6.07) is 0.716. The summed E-state index contributed by atoms with van der Waals surface area (Å²) in [5, 5.41) is 3.92. The van der Waals surface area contributed by atoms with Crippen molar-refractivity contribution < 1.29 is 0 Å². The monoisotopic (exact) mass is 294 g/mol. The molecule has 0 aromatic carbocycles.